The fourth-order valence-electron chi connectivity index (χ4n) is 5.42. The van der Waals surface area contributed by atoms with Gasteiger partial charge < -0.3 is 38.7 Å². The lowest BCUT2D eigenvalue weighted by Crippen LogP contribution is -2.46. The number of fused-ring (bicyclic) bond motifs is 4. The third-order valence-electron chi connectivity index (χ3n) is 7.17. The van der Waals surface area contributed by atoms with Gasteiger partial charge in [0, 0.05) is 17.2 Å². The number of carbonyl (C=O) groups excluding carboxylic acids is 3. The second-order valence-electron chi connectivity index (χ2n) is 9.67. The molecule has 1 aliphatic carbocycles. The van der Waals surface area contributed by atoms with Gasteiger partial charge in [0.1, 0.15) is 17.2 Å². The van der Waals surface area contributed by atoms with Crippen molar-refractivity contribution < 1.29 is 70.2 Å². The van der Waals surface area contributed by atoms with Crippen LogP contribution in [0.25, 0.3) is 10.8 Å². The molecule has 0 fully saturated rings. The smallest absolute Gasteiger partial charge is 0.397 e. The van der Waals surface area contributed by atoms with E-state index in [0.717, 1.165) is 32.4 Å². The second-order valence-corrected chi connectivity index (χ2v) is 10.7. The molecule has 3 aromatic rings. The summed E-state index contributed by atoms with van der Waals surface area (Å²) in [7, 11) is -3.04. The molecular weight excluding hydrogens is 600 g/mol. The molecule has 17 heteroatoms. The quantitative estimate of drug-likeness (QED) is 0.184. The molecule has 43 heavy (non-hydrogen) atoms. The van der Waals surface area contributed by atoms with Crippen molar-refractivity contribution in [3.63, 3.8) is 0 Å². The van der Waals surface area contributed by atoms with Crippen molar-refractivity contribution in [1.82, 2.24) is 0 Å². The lowest BCUT2D eigenvalue weighted by Gasteiger charge is -2.38. The summed E-state index contributed by atoms with van der Waals surface area (Å²) in [5.41, 5.74) is -2.81. The Hall–Kier alpha value is -5.13. The summed E-state index contributed by atoms with van der Waals surface area (Å²) >= 11 is 0. The number of ether oxygens (including phenoxy) is 4. The number of rotatable bonds is 4. The third-order valence-corrected chi connectivity index (χ3v) is 7.65. The monoisotopic (exact) mass is 618 g/mol. The first-order chi connectivity index (χ1) is 20.2. The highest BCUT2D eigenvalue weighted by Gasteiger charge is 2.53. The molecule has 2 atom stereocenters. The zero-order valence-electron chi connectivity index (χ0n) is 21.8. The lowest BCUT2D eigenvalue weighted by molar-refractivity contribution is -0.136. The SMILES string of the molecule is COC(=O)c1cc2cc3c(c(O)c2c(=O)o1)OC1(Cc2c(O)c4c(c(O)c2O1)C(=O)C(OC)=CC4=O)CC3OS(=O)(=O)O. The average molecular weight is 618 g/mol. The van der Waals surface area contributed by atoms with Crippen molar-refractivity contribution in [2.75, 3.05) is 14.2 Å². The van der Waals surface area contributed by atoms with Crippen molar-refractivity contribution in [3.05, 3.63) is 62.4 Å². The lowest BCUT2D eigenvalue weighted by atomic mass is 9.87. The molecule has 1 spiro atoms. The van der Waals surface area contributed by atoms with Crippen LogP contribution in [0.5, 0.6) is 28.7 Å². The summed E-state index contributed by atoms with van der Waals surface area (Å²) in [4.78, 5) is 50.3. The summed E-state index contributed by atoms with van der Waals surface area (Å²) in [5.74, 6) is -9.49. The van der Waals surface area contributed by atoms with E-state index in [1.165, 1.54) is 0 Å². The number of hydrogen-bond acceptors (Lipinski definition) is 15. The van der Waals surface area contributed by atoms with Crippen LogP contribution in [0.2, 0.25) is 0 Å². The van der Waals surface area contributed by atoms with Gasteiger partial charge in [0.25, 0.3) is 5.79 Å². The van der Waals surface area contributed by atoms with Gasteiger partial charge in [-0.05, 0) is 17.5 Å². The Labute approximate surface area is 239 Å². The number of phenols is 3. The number of benzene rings is 2. The number of methoxy groups -OCH3 is 2. The van der Waals surface area contributed by atoms with E-state index in [0.29, 0.717) is 0 Å². The van der Waals surface area contributed by atoms with Gasteiger partial charge in [-0.3, -0.25) is 14.1 Å². The molecule has 0 bridgehead atoms. The maximum Gasteiger partial charge on any atom is 0.397 e. The van der Waals surface area contributed by atoms with Crippen LogP contribution in [0.4, 0.5) is 0 Å². The molecule has 0 saturated carbocycles. The molecule has 16 nitrogen and oxygen atoms in total. The van der Waals surface area contributed by atoms with Gasteiger partial charge in [0.05, 0.1) is 38.2 Å². The van der Waals surface area contributed by atoms with Crippen LogP contribution in [-0.2, 0) is 30.5 Å². The Bertz CT molecular complexity index is 2020. The predicted molar refractivity (Wildman–Crippen MR) is 137 cm³/mol. The van der Waals surface area contributed by atoms with E-state index >= 15 is 0 Å². The number of Topliss-reactive ketones (excluding diaryl/α,β-unsaturated/α-hetero) is 1. The standard InChI is InChI=1S/C26H18O16S/c1-37-12-5-11(27)16-17(19(12)29)21(31)23-10(18(16)28)6-26(41-23)7-14(42-43(34,35)36)9-3-8-4-13(24(32)38-2)39-25(33)15(8)20(30)22(9)40-26/h3-5,14,28,30-31H,6-7H2,1-2H3,(H,34,35,36). The fourth-order valence-corrected chi connectivity index (χ4v) is 5.89. The normalized spacial score (nSPS) is 20.5. The van der Waals surface area contributed by atoms with Gasteiger partial charge in [-0.2, -0.15) is 8.42 Å². The minimum absolute atomic E-state index is 0.117. The van der Waals surface area contributed by atoms with Gasteiger partial charge in [-0.15, -0.1) is 0 Å². The first kappa shape index (κ1) is 28.0. The van der Waals surface area contributed by atoms with Crippen LogP contribution in [-0.4, -0.2) is 65.8 Å². The second kappa shape index (κ2) is 9.18. The number of allylic oxidation sites excluding steroid dienone is 2. The number of aromatic hydroxyl groups is 3. The molecule has 0 amide bonds. The summed E-state index contributed by atoms with van der Waals surface area (Å²) in [6.07, 6.45) is -1.99. The summed E-state index contributed by atoms with van der Waals surface area (Å²) in [6, 6.07) is 2.18. The number of phenolic OH excluding ortho intramolecular Hbond substituents is 3. The Morgan fingerprint density at radius 1 is 1.00 bits per heavy atom. The summed E-state index contributed by atoms with van der Waals surface area (Å²) < 4.78 is 64.1. The maximum atomic E-state index is 12.9. The minimum Gasteiger partial charge on any atom is -0.507 e. The third kappa shape index (κ3) is 4.16. The molecule has 6 rings (SSSR count). The first-order valence-corrected chi connectivity index (χ1v) is 13.5. The molecule has 1 aromatic heterocycles. The zero-order valence-corrected chi connectivity index (χ0v) is 22.6. The maximum absolute atomic E-state index is 12.9. The van der Waals surface area contributed by atoms with E-state index < -0.39 is 115 Å². The topological polar surface area (TPSA) is 243 Å². The Balaban J connectivity index is 1.53. The largest absolute Gasteiger partial charge is 0.507 e. The fraction of sp³-hybridized carbons (Fsp3) is 0.231. The van der Waals surface area contributed by atoms with Gasteiger partial charge in [-0.25, -0.2) is 13.8 Å². The van der Waals surface area contributed by atoms with Gasteiger partial charge >= 0.3 is 22.0 Å². The van der Waals surface area contributed by atoms with Crippen molar-refractivity contribution in [3.8, 4) is 28.7 Å². The summed E-state index contributed by atoms with van der Waals surface area (Å²) in [6.45, 7) is 0. The molecule has 2 aliphatic heterocycles. The number of carbonyl (C=O) groups is 3. The Morgan fingerprint density at radius 3 is 2.35 bits per heavy atom. The highest BCUT2D eigenvalue weighted by atomic mass is 32.3. The highest BCUT2D eigenvalue weighted by Crippen LogP contribution is 2.57. The molecule has 0 radical (unpaired) electrons. The predicted octanol–water partition coefficient (Wildman–Crippen LogP) is 1.58. The van der Waals surface area contributed by atoms with E-state index in [-0.39, 0.29) is 16.5 Å². The number of ketones is 2. The number of hydrogen-bond donors (Lipinski definition) is 4. The van der Waals surface area contributed by atoms with Crippen molar-refractivity contribution in [2.45, 2.75) is 24.7 Å². The van der Waals surface area contributed by atoms with Crippen LogP contribution in [0.1, 0.15) is 54.9 Å². The van der Waals surface area contributed by atoms with Crippen LogP contribution < -0.4 is 15.1 Å². The van der Waals surface area contributed by atoms with Crippen LogP contribution >= 0.6 is 0 Å². The molecule has 4 N–H and O–H groups in total. The van der Waals surface area contributed by atoms with Crippen LogP contribution in [0.3, 0.4) is 0 Å². The number of esters is 1. The molecule has 224 valence electrons. The van der Waals surface area contributed by atoms with E-state index in [1.54, 1.807) is 0 Å². The average Bonchev–Trinajstić information content (AvgIpc) is 3.31. The van der Waals surface area contributed by atoms with Crippen LogP contribution in [0.15, 0.2) is 33.2 Å². The Kier molecular flexibility index (Phi) is 5.98. The van der Waals surface area contributed by atoms with Crippen molar-refractivity contribution >= 4 is 38.7 Å². The van der Waals surface area contributed by atoms with Gasteiger partial charge in [0.15, 0.2) is 34.5 Å². The molecule has 0 saturated heterocycles. The molecule has 3 heterocycles. The van der Waals surface area contributed by atoms with E-state index in [2.05, 4.69) is 4.74 Å². The molecule has 2 unspecified atom stereocenters. The summed E-state index contributed by atoms with van der Waals surface area (Å²) in [5, 5.41) is 32.5. The van der Waals surface area contributed by atoms with E-state index in [9.17, 15) is 47.5 Å². The first-order valence-electron chi connectivity index (χ1n) is 12.1. The van der Waals surface area contributed by atoms with Crippen molar-refractivity contribution in [2.24, 2.45) is 0 Å². The zero-order chi connectivity index (χ0) is 31.2. The minimum atomic E-state index is -5.19. The van der Waals surface area contributed by atoms with Crippen molar-refractivity contribution in [1.29, 1.82) is 0 Å². The van der Waals surface area contributed by atoms with E-state index in [4.69, 9.17) is 22.8 Å². The van der Waals surface area contributed by atoms with E-state index in [1.807, 2.05) is 0 Å². The van der Waals surface area contributed by atoms with Gasteiger partial charge in [-0.1, -0.05) is 0 Å². The molecular formula is C26H18O16S. The van der Waals surface area contributed by atoms with Gasteiger partial charge in [0.2, 0.25) is 11.5 Å². The molecule has 2 aromatic carbocycles. The molecule has 3 aliphatic rings. The Morgan fingerprint density at radius 2 is 1.70 bits per heavy atom. The highest BCUT2D eigenvalue weighted by molar-refractivity contribution is 7.80. The van der Waals surface area contributed by atoms with Crippen LogP contribution in [0, 0.1) is 0 Å².